The van der Waals surface area contributed by atoms with Crippen LogP contribution in [-0.4, -0.2) is 35.0 Å². The molecule has 4 heteroatoms. The first-order valence-corrected chi connectivity index (χ1v) is 4.56. The van der Waals surface area contributed by atoms with E-state index >= 15 is 0 Å². The van der Waals surface area contributed by atoms with Crippen molar-refractivity contribution in [2.75, 3.05) is 13.1 Å². The number of likely N-dealkylation sites (N-methyl/N-ethyl adjacent to an activating group) is 1. The summed E-state index contributed by atoms with van der Waals surface area (Å²) in [6.07, 6.45) is 0.912. The Balaban J connectivity index is 2.46. The molecule has 0 saturated heterocycles. The molecule has 1 aliphatic rings. The minimum absolute atomic E-state index is 0.00241. The Labute approximate surface area is 77.5 Å². The van der Waals surface area contributed by atoms with Crippen LogP contribution in [0, 0.1) is 11.8 Å². The molecule has 0 spiro atoms. The molecule has 1 fully saturated rings. The Bertz CT molecular complexity index is 227. The number of hydrogen-bond acceptors (Lipinski definition) is 2. The van der Waals surface area contributed by atoms with Crippen molar-refractivity contribution < 1.29 is 14.7 Å². The molecule has 1 rings (SSSR count). The van der Waals surface area contributed by atoms with Crippen molar-refractivity contribution in [3.8, 4) is 0 Å². The van der Waals surface area contributed by atoms with Gasteiger partial charge in [-0.2, -0.15) is 0 Å². The third kappa shape index (κ3) is 2.44. The van der Waals surface area contributed by atoms with Gasteiger partial charge in [-0.15, -0.1) is 0 Å². The minimum Gasteiger partial charge on any atom is -0.480 e. The normalized spacial score (nSPS) is 25.4. The molecule has 4 nitrogen and oxygen atoms in total. The predicted octanol–water partition coefficient (Wildman–Crippen LogP) is 0.575. The van der Waals surface area contributed by atoms with Crippen LogP contribution >= 0.6 is 0 Å². The van der Waals surface area contributed by atoms with Gasteiger partial charge in [-0.25, -0.2) is 0 Å². The number of hydrogen-bond donors (Lipinski definition) is 1. The summed E-state index contributed by atoms with van der Waals surface area (Å²) in [4.78, 5) is 23.3. The molecule has 0 bridgehead atoms. The van der Waals surface area contributed by atoms with E-state index in [1.54, 1.807) is 6.92 Å². The van der Waals surface area contributed by atoms with Crippen molar-refractivity contribution in [2.24, 2.45) is 11.8 Å². The molecule has 1 amide bonds. The van der Waals surface area contributed by atoms with Gasteiger partial charge in [0.2, 0.25) is 5.91 Å². The van der Waals surface area contributed by atoms with Gasteiger partial charge in [-0.05, 0) is 19.3 Å². The molecule has 2 unspecified atom stereocenters. The fourth-order valence-electron chi connectivity index (χ4n) is 1.41. The standard InChI is InChI=1S/C9H15NO3/c1-3-10(5-8(11)12)9(13)7-4-6(7)2/h6-7H,3-5H2,1-2H3,(H,11,12). The lowest BCUT2D eigenvalue weighted by Crippen LogP contribution is -2.36. The largest absolute Gasteiger partial charge is 0.480 e. The Kier molecular flexibility index (Phi) is 2.90. The van der Waals surface area contributed by atoms with E-state index in [1.165, 1.54) is 4.90 Å². The van der Waals surface area contributed by atoms with Gasteiger partial charge in [0.25, 0.3) is 0 Å². The summed E-state index contributed by atoms with van der Waals surface area (Å²) in [6, 6.07) is 0. The van der Waals surface area contributed by atoms with Crippen LogP contribution in [0.2, 0.25) is 0 Å². The Morgan fingerprint density at radius 3 is 2.38 bits per heavy atom. The Morgan fingerprint density at radius 1 is 1.54 bits per heavy atom. The highest BCUT2D eigenvalue weighted by atomic mass is 16.4. The van der Waals surface area contributed by atoms with Crippen molar-refractivity contribution >= 4 is 11.9 Å². The summed E-state index contributed by atoms with van der Waals surface area (Å²) < 4.78 is 0. The summed E-state index contributed by atoms with van der Waals surface area (Å²) in [5.41, 5.74) is 0. The molecule has 0 aliphatic heterocycles. The van der Waals surface area contributed by atoms with Crippen LogP contribution in [0.25, 0.3) is 0 Å². The molecule has 74 valence electrons. The highest BCUT2D eigenvalue weighted by Crippen LogP contribution is 2.39. The molecular formula is C9H15NO3. The quantitative estimate of drug-likeness (QED) is 0.696. The first-order chi connectivity index (χ1) is 6.06. The highest BCUT2D eigenvalue weighted by molar-refractivity contribution is 5.85. The second-order valence-electron chi connectivity index (χ2n) is 3.57. The van der Waals surface area contributed by atoms with E-state index in [9.17, 15) is 9.59 Å². The first-order valence-electron chi connectivity index (χ1n) is 4.56. The fourth-order valence-corrected chi connectivity index (χ4v) is 1.41. The molecule has 0 aromatic heterocycles. The zero-order valence-electron chi connectivity index (χ0n) is 7.99. The maximum atomic E-state index is 11.5. The monoisotopic (exact) mass is 185 g/mol. The van der Waals surface area contributed by atoms with Crippen LogP contribution in [0.4, 0.5) is 0 Å². The molecule has 0 radical (unpaired) electrons. The van der Waals surface area contributed by atoms with E-state index in [1.807, 2.05) is 6.92 Å². The number of carbonyl (C=O) groups excluding carboxylic acids is 1. The maximum Gasteiger partial charge on any atom is 0.323 e. The van der Waals surface area contributed by atoms with E-state index in [2.05, 4.69) is 0 Å². The molecule has 13 heavy (non-hydrogen) atoms. The zero-order valence-corrected chi connectivity index (χ0v) is 7.99. The second kappa shape index (κ2) is 3.77. The zero-order chi connectivity index (χ0) is 10.0. The number of amides is 1. The SMILES string of the molecule is CCN(CC(=O)O)C(=O)C1CC1C. The molecule has 0 aromatic rings. The predicted molar refractivity (Wildman–Crippen MR) is 47.2 cm³/mol. The van der Waals surface area contributed by atoms with E-state index in [0.29, 0.717) is 12.5 Å². The molecular weight excluding hydrogens is 170 g/mol. The fraction of sp³-hybridized carbons (Fsp3) is 0.778. The molecule has 2 atom stereocenters. The summed E-state index contributed by atoms with van der Waals surface area (Å²) in [6.45, 7) is 4.12. The molecule has 1 saturated carbocycles. The van der Waals surface area contributed by atoms with Crippen LogP contribution in [0.15, 0.2) is 0 Å². The smallest absolute Gasteiger partial charge is 0.323 e. The van der Waals surface area contributed by atoms with Crippen LogP contribution in [0.5, 0.6) is 0 Å². The van der Waals surface area contributed by atoms with Gasteiger partial charge in [-0.3, -0.25) is 9.59 Å². The highest BCUT2D eigenvalue weighted by Gasteiger charge is 2.41. The van der Waals surface area contributed by atoms with Crippen molar-refractivity contribution in [2.45, 2.75) is 20.3 Å². The molecule has 0 aromatic carbocycles. The lowest BCUT2D eigenvalue weighted by Gasteiger charge is -2.18. The lowest BCUT2D eigenvalue weighted by molar-refractivity contribution is -0.145. The lowest BCUT2D eigenvalue weighted by atomic mass is 10.3. The number of nitrogens with zero attached hydrogens (tertiary/aromatic N) is 1. The summed E-state index contributed by atoms with van der Waals surface area (Å²) in [5, 5.41) is 8.54. The van der Waals surface area contributed by atoms with Crippen molar-refractivity contribution in [3.63, 3.8) is 0 Å². The minimum atomic E-state index is -0.941. The first kappa shape index (κ1) is 10.0. The second-order valence-corrected chi connectivity index (χ2v) is 3.57. The van der Waals surface area contributed by atoms with Gasteiger partial charge in [0.15, 0.2) is 0 Å². The molecule has 0 heterocycles. The number of aliphatic carboxylic acids is 1. The molecule has 1 aliphatic carbocycles. The topological polar surface area (TPSA) is 57.6 Å². The average Bonchev–Trinajstić information content (AvgIpc) is 2.77. The van der Waals surface area contributed by atoms with Gasteiger partial charge in [0.1, 0.15) is 6.54 Å². The summed E-state index contributed by atoms with van der Waals surface area (Å²) in [7, 11) is 0. The van der Waals surface area contributed by atoms with Crippen molar-refractivity contribution in [1.82, 2.24) is 4.90 Å². The van der Waals surface area contributed by atoms with Crippen LogP contribution in [0.1, 0.15) is 20.3 Å². The van der Waals surface area contributed by atoms with Gasteiger partial charge in [-0.1, -0.05) is 6.92 Å². The van der Waals surface area contributed by atoms with Crippen molar-refractivity contribution in [1.29, 1.82) is 0 Å². The van der Waals surface area contributed by atoms with Crippen LogP contribution < -0.4 is 0 Å². The summed E-state index contributed by atoms with van der Waals surface area (Å²) >= 11 is 0. The van der Waals surface area contributed by atoms with Crippen LogP contribution in [-0.2, 0) is 9.59 Å². The van der Waals surface area contributed by atoms with Crippen molar-refractivity contribution in [3.05, 3.63) is 0 Å². The number of carboxylic acids is 1. The van der Waals surface area contributed by atoms with Gasteiger partial charge >= 0.3 is 5.97 Å². The molecule has 1 N–H and O–H groups in total. The average molecular weight is 185 g/mol. The van der Waals surface area contributed by atoms with E-state index < -0.39 is 5.97 Å². The number of rotatable bonds is 4. The van der Waals surface area contributed by atoms with E-state index in [4.69, 9.17) is 5.11 Å². The van der Waals surface area contributed by atoms with Crippen LogP contribution in [0.3, 0.4) is 0 Å². The number of carboxylic acid groups (broad SMARTS) is 1. The van der Waals surface area contributed by atoms with E-state index in [-0.39, 0.29) is 18.4 Å². The third-order valence-electron chi connectivity index (χ3n) is 2.45. The van der Waals surface area contributed by atoms with E-state index in [0.717, 1.165) is 6.42 Å². The van der Waals surface area contributed by atoms with Gasteiger partial charge in [0.05, 0.1) is 0 Å². The Hall–Kier alpha value is -1.06. The Morgan fingerprint density at radius 2 is 2.08 bits per heavy atom. The maximum absolute atomic E-state index is 11.5. The third-order valence-corrected chi connectivity index (χ3v) is 2.45. The van der Waals surface area contributed by atoms with Gasteiger partial charge < -0.3 is 10.0 Å². The van der Waals surface area contributed by atoms with Gasteiger partial charge in [0, 0.05) is 12.5 Å². The number of carbonyl (C=O) groups is 2. The summed E-state index contributed by atoms with van der Waals surface area (Å²) in [5.74, 6) is -0.421.